The lowest BCUT2D eigenvalue weighted by Crippen LogP contribution is -2.39. The van der Waals surface area contributed by atoms with Crippen LogP contribution >= 0.6 is 0 Å². The van der Waals surface area contributed by atoms with Gasteiger partial charge in [-0.2, -0.15) is 0 Å². The number of rotatable bonds is 3. The number of hydrogen-bond donors (Lipinski definition) is 0. The molecule has 2 fully saturated rings. The van der Waals surface area contributed by atoms with Gasteiger partial charge in [0, 0.05) is 31.4 Å². The highest BCUT2D eigenvalue weighted by Gasteiger charge is 2.27. The van der Waals surface area contributed by atoms with Gasteiger partial charge in [0.2, 0.25) is 6.41 Å². The summed E-state index contributed by atoms with van der Waals surface area (Å²) < 4.78 is 5.41. The van der Waals surface area contributed by atoms with Crippen molar-refractivity contribution >= 4 is 12.2 Å². The minimum absolute atomic E-state index is 0.174. The van der Waals surface area contributed by atoms with Gasteiger partial charge in [-0.1, -0.05) is 6.07 Å². The lowest BCUT2D eigenvalue weighted by atomic mass is 9.96. The minimum Gasteiger partial charge on any atom is -0.378 e. The number of nitrogens with zero attached hydrogens (tertiary/aromatic N) is 3. The number of amides is 1. The van der Waals surface area contributed by atoms with Crippen molar-refractivity contribution in [1.29, 1.82) is 0 Å². The number of likely N-dealkylation sites (tertiary alicyclic amines) is 1. The number of hydrogen-bond acceptors (Lipinski definition) is 4. The summed E-state index contributed by atoms with van der Waals surface area (Å²) in [7, 11) is 0. The summed E-state index contributed by atoms with van der Waals surface area (Å²) in [5.41, 5.74) is 1.18. The van der Waals surface area contributed by atoms with Crippen LogP contribution in [-0.4, -0.2) is 49.1 Å². The fourth-order valence-electron chi connectivity index (χ4n) is 3.12. The zero-order chi connectivity index (χ0) is 13.8. The Morgan fingerprint density at radius 3 is 2.90 bits per heavy atom. The molecule has 1 aromatic rings. The zero-order valence-electron chi connectivity index (χ0n) is 11.7. The van der Waals surface area contributed by atoms with Crippen LogP contribution in [0.4, 0.5) is 5.82 Å². The van der Waals surface area contributed by atoms with E-state index < -0.39 is 0 Å². The van der Waals surface area contributed by atoms with Gasteiger partial charge in [0.25, 0.3) is 0 Å². The van der Waals surface area contributed by atoms with E-state index in [9.17, 15) is 4.79 Å². The molecule has 0 aromatic carbocycles. The SMILES string of the molecule is O=CN1CCCC[C@H]1c1cccnc1N1CCOCC1. The highest BCUT2D eigenvalue weighted by atomic mass is 16.5. The van der Waals surface area contributed by atoms with Gasteiger partial charge in [-0.3, -0.25) is 4.79 Å². The van der Waals surface area contributed by atoms with Gasteiger partial charge in [0.1, 0.15) is 5.82 Å². The van der Waals surface area contributed by atoms with E-state index in [-0.39, 0.29) is 6.04 Å². The third-order valence-corrected chi connectivity index (χ3v) is 4.17. The Hall–Kier alpha value is -1.62. The average molecular weight is 275 g/mol. The van der Waals surface area contributed by atoms with Crippen LogP contribution in [-0.2, 0) is 9.53 Å². The van der Waals surface area contributed by atoms with E-state index in [2.05, 4.69) is 16.0 Å². The molecular formula is C15H21N3O2. The predicted molar refractivity (Wildman–Crippen MR) is 76.6 cm³/mol. The zero-order valence-corrected chi connectivity index (χ0v) is 11.7. The Bertz CT molecular complexity index is 460. The first-order chi connectivity index (χ1) is 9.90. The highest BCUT2D eigenvalue weighted by Crippen LogP contribution is 2.34. The largest absolute Gasteiger partial charge is 0.378 e. The molecule has 0 unspecified atom stereocenters. The first-order valence-electron chi connectivity index (χ1n) is 7.39. The van der Waals surface area contributed by atoms with E-state index in [1.165, 1.54) is 12.0 Å². The molecule has 3 heterocycles. The maximum absolute atomic E-state index is 11.3. The molecule has 5 heteroatoms. The van der Waals surface area contributed by atoms with Crippen LogP contribution in [0.5, 0.6) is 0 Å². The number of anilines is 1. The van der Waals surface area contributed by atoms with E-state index in [0.717, 1.165) is 57.9 Å². The van der Waals surface area contributed by atoms with Gasteiger partial charge in [0.15, 0.2) is 0 Å². The summed E-state index contributed by atoms with van der Waals surface area (Å²) in [5, 5.41) is 0. The summed E-state index contributed by atoms with van der Waals surface area (Å²) >= 11 is 0. The third kappa shape index (κ3) is 2.63. The van der Waals surface area contributed by atoms with Crippen molar-refractivity contribution in [1.82, 2.24) is 9.88 Å². The lowest BCUT2D eigenvalue weighted by molar-refractivity contribution is -0.121. The summed E-state index contributed by atoms with van der Waals surface area (Å²) in [6.07, 6.45) is 6.12. The van der Waals surface area contributed by atoms with E-state index >= 15 is 0 Å². The van der Waals surface area contributed by atoms with Crippen molar-refractivity contribution < 1.29 is 9.53 Å². The molecular weight excluding hydrogens is 254 g/mol. The number of ether oxygens (including phenoxy) is 1. The number of aromatic nitrogens is 1. The summed E-state index contributed by atoms with van der Waals surface area (Å²) in [6.45, 7) is 4.09. The Morgan fingerprint density at radius 2 is 2.10 bits per heavy atom. The van der Waals surface area contributed by atoms with Crippen molar-refractivity contribution in [3.05, 3.63) is 23.9 Å². The normalized spacial score (nSPS) is 23.7. The molecule has 5 nitrogen and oxygen atoms in total. The van der Waals surface area contributed by atoms with Crippen LogP contribution in [0, 0.1) is 0 Å². The van der Waals surface area contributed by atoms with E-state index in [4.69, 9.17) is 4.74 Å². The maximum atomic E-state index is 11.3. The standard InChI is InChI=1S/C15H21N3O2/c19-12-18-7-2-1-5-14(18)13-4-3-6-16-15(13)17-8-10-20-11-9-17/h3-4,6,12,14H,1-2,5,7-11H2/t14-/m0/s1. The van der Waals surface area contributed by atoms with Crippen molar-refractivity contribution in [2.24, 2.45) is 0 Å². The monoisotopic (exact) mass is 275 g/mol. The minimum atomic E-state index is 0.174. The molecule has 2 saturated heterocycles. The van der Waals surface area contributed by atoms with Gasteiger partial charge >= 0.3 is 0 Å². The van der Waals surface area contributed by atoms with Gasteiger partial charge in [-0.05, 0) is 25.3 Å². The molecule has 0 spiro atoms. The van der Waals surface area contributed by atoms with Gasteiger partial charge < -0.3 is 14.5 Å². The molecule has 2 aliphatic heterocycles. The van der Waals surface area contributed by atoms with E-state index in [0.29, 0.717) is 0 Å². The van der Waals surface area contributed by atoms with Crippen LogP contribution in [0.2, 0.25) is 0 Å². The second-order valence-electron chi connectivity index (χ2n) is 5.37. The second kappa shape index (κ2) is 6.22. The first-order valence-corrected chi connectivity index (χ1v) is 7.39. The number of pyridine rings is 1. The van der Waals surface area contributed by atoms with E-state index in [1.54, 1.807) is 0 Å². The molecule has 0 aliphatic carbocycles. The molecule has 1 aromatic heterocycles. The molecule has 20 heavy (non-hydrogen) atoms. The van der Waals surface area contributed by atoms with Crippen LogP contribution in [0.3, 0.4) is 0 Å². The first kappa shape index (κ1) is 13.4. The fraction of sp³-hybridized carbons (Fsp3) is 0.600. The topological polar surface area (TPSA) is 45.7 Å². The molecule has 3 rings (SSSR count). The number of morpholine rings is 1. The van der Waals surface area contributed by atoms with Crippen molar-refractivity contribution in [2.45, 2.75) is 25.3 Å². The Kier molecular flexibility index (Phi) is 4.16. The Balaban J connectivity index is 1.89. The number of carbonyl (C=O) groups excluding carboxylic acids is 1. The second-order valence-corrected chi connectivity index (χ2v) is 5.37. The maximum Gasteiger partial charge on any atom is 0.210 e. The summed E-state index contributed by atoms with van der Waals surface area (Å²) in [5.74, 6) is 1.02. The number of carbonyl (C=O) groups is 1. The predicted octanol–water partition coefficient (Wildman–Crippen LogP) is 1.60. The van der Waals surface area contributed by atoms with Crippen molar-refractivity contribution in [2.75, 3.05) is 37.7 Å². The molecule has 0 N–H and O–H groups in total. The molecule has 0 saturated carbocycles. The smallest absolute Gasteiger partial charge is 0.210 e. The van der Waals surface area contributed by atoms with Crippen LogP contribution < -0.4 is 4.90 Å². The van der Waals surface area contributed by atoms with Gasteiger partial charge in [0.05, 0.1) is 19.3 Å². The molecule has 2 aliphatic rings. The van der Waals surface area contributed by atoms with Gasteiger partial charge in [-0.15, -0.1) is 0 Å². The van der Waals surface area contributed by atoms with Crippen LogP contribution in [0.25, 0.3) is 0 Å². The quantitative estimate of drug-likeness (QED) is 0.786. The highest BCUT2D eigenvalue weighted by molar-refractivity contribution is 5.54. The third-order valence-electron chi connectivity index (χ3n) is 4.17. The van der Waals surface area contributed by atoms with Crippen LogP contribution in [0.1, 0.15) is 30.9 Å². The lowest BCUT2D eigenvalue weighted by Gasteiger charge is -2.36. The van der Waals surface area contributed by atoms with Gasteiger partial charge in [-0.25, -0.2) is 4.98 Å². The molecule has 1 amide bonds. The molecule has 0 bridgehead atoms. The Morgan fingerprint density at radius 1 is 1.25 bits per heavy atom. The van der Waals surface area contributed by atoms with E-state index in [1.807, 2.05) is 17.2 Å². The summed E-state index contributed by atoms with van der Waals surface area (Å²) in [6, 6.07) is 4.26. The molecule has 108 valence electrons. The van der Waals surface area contributed by atoms with Crippen molar-refractivity contribution in [3.8, 4) is 0 Å². The average Bonchev–Trinajstić information content (AvgIpc) is 2.55. The fourth-order valence-corrected chi connectivity index (χ4v) is 3.12. The summed E-state index contributed by atoms with van der Waals surface area (Å²) in [4.78, 5) is 20.1. The number of piperidine rings is 1. The Labute approximate surface area is 119 Å². The van der Waals surface area contributed by atoms with Crippen molar-refractivity contribution in [3.63, 3.8) is 0 Å². The van der Waals surface area contributed by atoms with Crippen LogP contribution in [0.15, 0.2) is 18.3 Å². The molecule has 0 radical (unpaired) electrons. The molecule has 1 atom stereocenters.